The molecule has 2 aromatic carbocycles. The molecule has 0 atom stereocenters. The Kier molecular flexibility index (Phi) is 6.32. The summed E-state index contributed by atoms with van der Waals surface area (Å²) in [5.41, 5.74) is 5.49. The number of anilines is 1. The van der Waals surface area contributed by atoms with Crippen molar-refractivity contribution in [1.29, 1.82) is 0 Å². The molecule has 0 aliphatic rings. The second kappa shape index (κ2) is 9.35. The molecule has 0 saturated carbocycles. The molecule has 1 amide bonds. The van der Waals surface area contributed by atoms with Crippen LogP contribution in [-0.2, 0) is 18.3 Å². The van der Waals surface area contributed by atoms with Crippen LogP contribution in [0.4, 0.5) is 5.69 Å². The van der Waals surface area contributed by atoms with E-state index in [2.05, 4.69) is 16.9 Å². The maximum absolute atomic E-state index is 12.9. The number of para-hydroxylation sites is 1. The van der Waals surface area contributed by atoms with E-state index in [9.17, 15) is 9.59 Å². The van der Waals surface area contributed by atoms with Crippen molar-refractivity contribution >= 4 is 22.5 Å². The van der Waals surface area contributed by atoms with Crippen LogP contribution in [0.25, 0.3) is 22.0 Å². The second-order valence-electron chi connectivity index (χ2n) is 8.28. The number of fused-ring (bicyclic) bond motifs is 1. The van der Waals surface area contributed by atoms with Gasteiger partial charge in [-0.3, -0.25) is 14.6 Å². The SMILES string of the molecule is C=CC(=O)Nc1ccc(Oc2c(C)cccc2C)c(-c2cn(C)c(=O)c3cc(CC)cnc23)c1. The normalized spacial score (nSPS) is 10.8. The van der Waals surface area contributed by atoms with Crippen LogP contribution in [0.2, 0.25) is 0 Å². The molecule has 172 valence electrons. The highest BCUT2D eigenvalue weighted by molar-refractivity contribution is 6.00. The zero-order valence-electron chi connectivity index (χ0n) is 19.8. The number of carbonyl (C=O) groups is 1. The number of carbonyl (C=O) groups excluding carboxylic acids is 1. The molecule has 0 bridgehead atoms. The highest BCUT2D eigenvalue weighted by Gasteiger charge is 2.18. The number of hydrogen-bond acceptors (Lipinski definition) is 4. The van der Waals surface area contributed by atoms with E-state index >= 15 is 0 Å². The van der Waals surface area contributed by atoms with Gasteiger partial charge < -0.3 is 14.6 Å². The van der Waals surface area contributed by atoms with Gasteiger partial charge >= 0.3 is 0 Å². The fourth-order valence-electron chi connectivity index (χ4n) is 3.95. The quantitative estimate of drug-likeness (QED) is 0.380. The van der Waals surface area contributed by atoms with Crippen molar-refractivity contribution in [2.75, 3.05) is 5.32 Å². The van der Waals surface area contributed by atoms with Crippen molar-refractivity contribution in [3.05, 3.63) is 94.6 Å². The largest absolute Gasteiger partial charge is 0.456 e. The first-order chi connectivity index (χ1) is 16.3. The fourth-order valence-corrected chi connectivity index (χ4v) is 3.95. The van der Waals surface area contributed by atoms with Crippen LogP contribution in [-0.4, -0.2) is 15.5 Å². The molecule has 0 fully saturated rings. The molecule has 4 rings (SSSR count). The smallest absolute Gasteiger partial charge is 0.259 e. The minimum Gasteiger partial charge on any atom is -0.456 e. The predicted octanol–water partition coefficient (Wildman–Crippen LogP) is 5.70. The Morgan fingerprint density at radius 1 is 1.15 bits per heavy atom. The van der Waals surface area contributed by atoms with Crippen LogP contribution in [0.1, 0.15) is 23.6 Å². The van der Waals surface area contributed by atoms with Gasteiger partial charge in [0.25, 0.3) is 5.56 Å². The first-order valence-corrected chi connectivity index (χ1v) is 11.1. The third kappa shape index (κ3) is 4.35. The minimum atomic E-state index is -0.314. The topological polar surface area (TPSA) is 73.2 Å². The third-order valence-corrected chi connectivity index (χ3v) is 5.82. The Labute approximate surface area is 198 Å². The summed E-state index contributed by atoms with van der Waals surface area (Å²) in [4.78, 5) is 29.5. The van der Waals surface area contributed by atoms with Gasteiger partial charge in [-0.05, 0) is 67.3 Å². The lowest BCUT2D eigenvalue weighted by Gasteiger charge is -2.18. The molecule has 0 spiro atoms. The number of ether oxygens (including phenoxy) is 1. The van der Waals surface area contributed by atoms with Crippen LogP contribution >= 0.6 is 0 Å². The molecule has 6 heteroatoms. The van der Waals surface area contributed by atoms with Crippen molar-refractivity contribution in [3.63, 3.8) is 0 Å². The molecule has 0 saturated heterocycles. The molecule has 2 heterocycles. The van der Waals surface area contributed by atoms with Gasteiger partial charge in [-0.25, -0.2) is 0 Å². The Morgan fingerprint density at radius 3 is 2.56 bits per heavy atom. The van der Waals surface area contributed by atoms with E-state index in [-0.39, 0.29) is 11.5 Å². The summed E-state index contributed by atoms with van der Waals surface area (Å²) in [5, 5.41) is 3.35. The van der Waals surface area contributed by atoms with E-state index in [4.69, 9.17) is 4.74 Å². The minimum absolute atomic E-state index is 0.116. The summed E-state index contributed by atoms with van der Waals surface area (Å²) in [6.07, 6.45) is 5.55. The van der Waals surface area contributed by atoms with Gasteiger partial charge in [-0.2, -0.15) is 0 Å². The lowest BCUT2D eigenvalue weighted by molar-refractivity contribution is -0.111. The summed E-state index contributed by atoms with van der Waals surface area (Å²) in [6.45, 7) is 9.54. The number of nitrogens with zero attached hydrogens (tertiary/aromatic N) is 2. The van der Waals surface area contributed by atoms with Crippen LogP contribution in [0.15, 0.2) is 72.3 Å². The number of amides is 1. The first-order valence-electron chi connectivity index (χ1n) is 11.1. The van der Waals surface area contributed by atoms with Crippen LogP contribution < -0.4 is 15.6 Å². The zero-order valence-corrected chi connectivity index (χ0v) is 19.8. The molecule has 0 radical (unpaired) electrons. The van der Waals surface area contributed by atoms with Crippen LogP contribution in [0.3, 0.4) is 0 Å². The van der Waals surface area contributed by atoms with Gasteiger partial charge in [0.2, 0.25) is 5.91 Å². The summed E-state index contributed by atoms with van der Waals surface area (Å²) in [7, 11) is 1.72. The maximum atomic E-state index is 12.9. The van der Waals surface area contributed by atoms with Crippen molar-refractivity contribution in [3.8, 4) is 22.6 Å². The number of benzene rings is 2. The van der Waals surface area contributed by atoms with Gasteiger partial charge in [0.15, 0.2) is 0 Å². The summed E-state index contributed by atoms with van der Waals surface area (Å²) >= 11 is 0. The van der Waals surface area contributed by atoms with Crippen molar-refractivity contribution < 1.29 is 9.53 Å². The van der Waals surface area contributed by atoms with E-state index in [1.165, 1.54) is 6.08 Å². The number of nitrogens with one attached hydrogen (secondary N) is 1. The number of pyridine rings is 2. The van der Waals surface area contributed by atoms with Gasteiger partial charge in [0.05, 0.1) is 10.9 Å². The predicted molar refractivity (Wildman–Crippen MR) is 137 cm³/mol. The summed E-state index contributed by atoms with van der Waals surface area (Å²) < 4.78 is 7.98. The van der Waals surface area contributed by atoms with Crippen molar-refractivity contribution in [2.24, 2.45) is 7.05 Å². The molecular weight excluding hydrogens is 426 g/mol. The van der Waals surface area contributed by atoms with E-state index < -0.39 is 0 Å². The third-order valence-electron chi connectivity index (χ3n) is 5.82. The standard InChI is InChI=1S/C28H27N3O3/c1-6-19-13-22-26(29-15-19)23(16-31(5)28(22)33)21-14-20(30-25(32)7-2)11-12-24(21)34-27-17(3)9-8-10-18(27)4/h7-16H,2,6H2,1,3-5H3,(H,30,32). The Balaban J connectivity index is 1.98. The Hall–Kier alpha value is -4.19. The molecule has 2 aromatic heterocycles. The number of hydrogen-bond donors (Lipinski definition) is 1. The van der Waals surface area contributed by atoms with Crippen molar-refractivity contribution in [2.45, 2.75) is 27.2 Å². The van der Waals surface area contributed by atoms with Crippen LogP contribution in [0, 0.1) is 13.8 Å². The highest BCUT2D eigenvalue weighted by Crippen LogP contribution is 2.39. The van der Waals surface area contributed by atoms with E-state index in [1.807, 2.05) is 57.2 Å². The number of rotatable bonds is 6. The van der Waals surface area contributed by atoms with Gasteiger partial charge in [0, 0.05) is 36.3 Å². The van der Waals surface area contributed by atoms with Crippen LogP contribution in [0.5, 0.6) is 11.5 Å². The van der Waals surface area contributed by atoms with Gasteiger partial charge in [0.1, 0.15) is 11.5 Å². The lowest BCUT2D eigenvalue weighted by atomic mass is 10.0. The van der Waals surface area contributed by atoms with Gasteiger partial charge in [-0.15, -0.1) is 0 Å². The maximum Gasteiger partial charge on any atom is 0.259 e. The second-order valence-corrected chi connectivity index (χ2v) is 8.28. The van der Waals surface area contributed by atoms with E-state index in [1.54, 1.807) is 30.1 Å². The molecule has 1 N–H and O–H groups in total. The molecule has 0 unspecified atom stereocenters. The fraction of sp³-hybridized carbons (Fsp3) is 0.179. The Bertz CT molecular complexity index is 1460. The molecule has 0 aliphatic heterocycles. The molecule has 0 aliphatic carbocycles. The lowest BCUT2D eigenvalue weighted by Crippen LogP contribution is -2.17. The monoisotopic (exact) mass is 453 g/mol. The first kappa shape index (κ1) is 23.0. The summed E-state index contributed by atoms with van der Waals surface area (Å²) in [5.74, 6) is 1.04. The number of aryl methyl sites for hydroxylation is 4. The average Bonchev–Trinajstić information content (AvgIpc) is 2.84. The highest BCUT2D eigenvalue weighted by atomic mass is 16.5. The van der Waals surface area contributed by atoms with E-state index in [0.717, 1.165) is 34.4 Å². The molecule has 4 aromatic rings. The molecule has 34 heavy (non-hydrogen) atoms. The molecular formula is C28H27N3O3. The van der Waals surface area contributed by atoms with Crippen molar-refractivity contribution in [1.82, 2.24) is 9.55 Å². The van der Waals surface area contributed by atoms with Gasteiger partial charge in [-0.1, -0.05) is 31.7 Å². The Morgan fingerprint density at radius 2 is 1.88 bits per heavy atom. The average molecular weight is 454 g/mol. The summed E-state index contributed by atoms with van der Waals surface area (Å²) in [6, 6.07) is 13.3. The number of aromatic nitrogens is 2. The molecule has 6 nitrogen and oxygen atoms in total. The van der Waals surface area contributed by atoms with E-state index in [0.29, 0.717) is 27.9 Å². The zero-order chi connectivity index (χ0) is 24.4.